The van der Waals surface area contributed by atoms with Crippen LogP contribution in [0.2, 0.25) is 5.02 Å². The summed E-state index contributed by atoms with van der Waals surface area (Å²) in [5, 5.41) is 9.02. The van der Waals surface area contributed by atoms with Crippen molar-refractivity contribution in [3.05, 3.63) is 52.3 Å². The number of benzene rings is 1. The van der Waals surface area contributed by atoms with E-state index in [0.29, 0.717) is 12.1 Å². The van der Waals surface area contributed by atoms with Crippen molar-refractivity contribution in [3.8, 4) is 0 Å². The van der Waals surface area contributed by atoms with Crippen molar-refractivity contribution < 1.29 is 31.5 Å². The molecule has 0 saturated heterocycles. The first-order valence-corrected chi connectivity index (χ1v) is 8.37. The zero-order valence-electron chi connectivity index (χ0n) is 12.4. The van der Waals surface area contributed by atoms with Crippen LogP contribution in [-0.2, 0) is 16.2 Å². The van der Waals surface area contributed by atoms with E-state index < -0.39 is 44.0 Å². The summed E-state index contributed by atoms with van der Waals surface area (Å²) >= 11 is 5.68. The summed E-state index contributed by atoms with van der Waals surface area (Å²) in [5.41, 5.74) is -2.16. The number of rotatable bonds is 4. The molecule has 1 aromatic carbocycles. The topological polar surface area (TPSA) is 96.4 Å². The molecule has 0 aliphatic heterocycles. The third-order valence-corrected chi connectivity index (χ3v) is 4.83. The van der Waals surface area contributed by atoms with E-state index >= 15 is 0 Å². The second-order valence-corrected chi connectivity index (χ2v) is 7.03. The Morgan fingerprint density at radius 2 is 1.92 bits per heavy atom. The number of alkyl halides is 3. The molecule has 1 aromatic heterocycles. The van der Waals surface area contributed by atoms with E-state index in [2.05, 4.69) is 4.98 Å². The van der Waals surface area contributed by atoms with E-state index in [4.69, 9.17) is 16.7 Å². The van der Waals surface area contributed by atoms with Crippen molar-refractivity contribution in [1.29, 1.82) is 0 Å². The van der Waals surface area contributed by atoms with E-state index in [9.17, 15) is 26.4 Å². The monoisotopic (exact) mass is 394 g/mol. The van der Waals surface area contributed by atoms with Gasteiger partial charge in [-0.05, 0) is 36.8 Å². The maximum Gasteiger partial charge on any atom is 0.416 e. The van der Waals surface area contributed by atoms with Gasteiger partial charge in [0.25, 0.3) is 10.0 Å². The second-order valence-electron chi connectivity index (χ2n) is 4.94. The molecule has 134 valence electrons. The number of anilines is 1. The Morgan fingerprint density at radius 3 is 2.44 bits per heavy atom. The maximum absolute atomic E-state index is 12.7. The standard InChI is InChI=1S/C14H10ClF3N2O4S/c1-7-4-8(14(16,17)18)2-3-11(7)25(23,24)20-10-5-9(15)6-19-12(10)13(21)22/h2-6,20H,1H3,(H,21,22). The fourth-order valence-electron chi connectivity index (χ4n) is 2.01. The number of halogens is 4. The summed E-state index contributed by atoms with van der Waals surface area (Å²) < 4.78 is 64.8. The molecule has 6 nitrogen and oxygen atoms in total. The van der Waals surface area contributed by atoms with Crippen molar-refractivity contribution in [2.75, 3.05) is 4.72 Å². The molecule has 0 saturated carbocycles. The van der Waals surface area contributed by atoms with Crippen LogP contribution < -0.4 is 4.72 Å². The average molecular weight is 395 g/mol. The fourth-order valence-corrected chi connectivity index (χ4v) is 3.46. The zero-order chi connectivity index (χ0) is 19.0. The molecule has 25 heavy (non-hydrogen) atoms. The SMILES string of the molecule is Cc1cc(C(F)(F)F)ccc1S(=O)(=O)Nc1cc(Cl)cnc1C(=O)O. The number of pyridine rings is 1. The molecule has 1 heterocycles. The Balaban J connectivity index is 2.48. The van der Waals surface area contributed by atoms with Gasteiger partial charge in [-0.2, -0.15) is 13.2 Å². The van der Waals surface area contributed by atoms with E-state index in [-0.39, 0.29) is 10.6 Å². The number of carbonyl (C=O) groups is 1. The summed E-state index contributed by atoms with van der Waals surface area (Å²) in [4.78, 5) is 14.2. The Bertz CT molecular complexity index is 946. The highest BCUT2D eigenvalue weighted by atomic mass is 35.5. The van der Waals surface area contributed by atoms with Crippen LogP contribution in [-0.4, -0.2) is 24.5 Å². The molecule has 0 unspecified atom stereocenters. The summed E-state index contributed by atoms with van der Waals surface area (Å²) in [6.07, 6.45) is -3.60. The number of hydrogen-bond donors (Lipinski definition) is 2. The van der Waals surface area contributed by atoms with Gasteiger partial charge in [0.2, 0.25) is 0 Å². The van der Waals surface area contributed by atoms with Gasteiger partial charge in [-0.3, -0.25) is 4.72 Å². The van der Waals surface area contributed by atoms with Gasteiger partial charge in [0.05, 0.1) is 21.2 Å². The van der Waals surface area contributed by atoms with Crippen LogP contribution in [0.25, 0.3) is 0 Å². The molecule has 0 bridgehead atoms. The fraction of sp³-hybridized carbons (Fsp3) is 0.143. The van der Waals surface area contributed by atoms with Gasteiger partial charge in [-0.25, -0.2) is 18.2 Å². The molecule has 0 atom stereocenters. The molecule has 0 radical (unpaired) electrons. The molecular weight excluding hydrogens is 385 g/mol. The number of nitrogens with one attached hydrogen (secondary N) is 1. The molecule has 0 aliphatic rings. The third kappa shape index (κ3) is 4.20. The van der Waals surface area contributed by atoms with Crippen LogP contribution in [0.3, 0.4) is 0 Å². The Labute approximate surface area is 145 Å². The molecule has 2 N–H and O–H groups in total. The van der Waals surface area contributed by atoms with Crippen molar-refractivity contribution in [3.63, 3.8) is 0 Å². The lowest BCUT2D eigenvalue weighted by molar-refractivity contribution is -0.137. The minimum atomic E-state index is -4.62. The number of nitrogens with zero attached hydrogens (tertiary/aromatic N) is 1. The molecule has 2 rings (SSSR count). The average Bonchev–Trinajstić information content (AvgIpc) is 2.45. The molecule has 0 amide bonds. The number of aryl methyl sites for hydroxylation is 1. The normalized spacial score (nSPS) is 12.0. The smallest absolute Gasteiger partial charge is 0.416 e. The highest BCUT2D eigenvalue weighted by molar-refractivity contribution is 7.92. The second kappa shape index (κ2) is 6.52. The lowest BCUT2D eigenvalue weighted by atomic mass is 10.1. The minimum absolute atomic E-state index is 0.0214. The van der Waals surface area contributed by atoms with Crippen molar-refractivity contribution in [2.45, 2.75) is 18.0 Å². The molecule has 11 heteroatoms. The van der Waals surface area contributed by atoms with Gasteiger partial charge in [0, 0.05) is 6.20 Å². The number of aromatic carboxylic acids is 1. The predicted octanol–water partition coefficient (Wildman–Crippen LogP) is 3.56. The van der Waals surface area contributed by atoms with Crippen molar-refractivity contribution in [1.82, 2.24) is 4.98 Å². The van der Waals surface area contributed by atoms with E-state index in [1.54, 1.807) is 0 Å². The van der Waals surface area contributed by atoms with Crippen molar-refractivity contribution >= 4 is 33.3 Å². The van der Waals surface area contributed by atoms with E-state index in [1.807, 2.05) is 4.72 Å². The van der Waals surface area contributed by atoms with Gasteiger partial charge >= 0.3 is 12.1 Å². The Morgan fingerprint density at radius 1 is 1.28 bits per heavy atom. The minimum Gasteiger partial charge on any atom is -0.476 e. The number of aromatic nitrogens is 1. The van der Waals surface area contributed by atoms with Crippen LogP contribution >= 0.6 is 11.6 Å². The quantitative estimate of drug-likeness (QED) is 0.826. The number of hydrogen-bond acceptors (Lipinski definition) is 4. The summed E-state index contributed by atoms with van der Waals surface area (Å²) in [5.74, 6) is -1.50. The van der Waals surface area contributed by atoms with Gasteiger partial charge in [-0.15, -0.1) is 0 Å². The van der Waals surface area contributed by atoms with Crippen LogP contribution in [0.1, 0.15) is 21.6 Å². The van der Waals surface area contributed by atoms with Gasteiger partial charge in [-0.1, -0.05) is 11.6 Å². The van der Waals surface area contributed by atoms with E-state index in [1.165, 1.54) is 6.92 Å². The number of carboxylic acid groups (broad SMARTS) is 1. The van der Waals surface area contributed by atoms with Crippen LogP contribution in [0.5, 0.6) is 0 Å². The van der Waals surface area contributed by atoms with Crippen molar-refractivity contribution in [2.24, 2.45) is 0 Å². The molecule has 0 spiro atoms. The highest BCUT2D eigenvalue weighted by Gasteiger charge is 2.32. The first kappa shape index (κ1) is 19.0. The lowest BCUT2D eigenvalue weighted by Gasteiger charge is -2.14. The zero-order valence-corrected chi connectivity index (χ0v) is 14.0. The summed E-state index contributed by atoms with van der Waals surface area (Å²) in [6, 6.07) is 3.13. The van der Waals surface area contributed by atoms with Gasteiger partial charge in [0.1, 0.15) is 0 Å². The molecule has 0 fully saturated rings. The molecule has 2 aromatic rings. The lowest BCUT2D eigenvalue weighted by Crippen LogP contribution is -2.18. The summed E-state index contributed by atoms with van der Waals surface area (Å²) in [6.45, 7) is 1.19. The third-order valence-electron chi connectivity index (χ3n) is 3.09. The Hall–Kier alpha value is -2.33. The molecule has 0 aliphatic carbocycles. The predicted molar refractivity (Wildman–Crippen MR) is 83.2 cm³/mol. The maximum atomic E-state index is 12.7. The number of carboxylic acids is 1. The van der Waals surface area contributed by atoms with Gasteiger partial charge < -0.3 is 5.11 Å². The van der Waals surface area contributed by atoms with Crippen LogP contribution in [0.15, 0.2) is 35.4 Å². The van der Waals surface area contributed by atoms with Crippen LogP contribution in [0, 0.1) is 6.92 Å². The van der Waals surface area contributed by atoms with Crippen LogP contribution in [0.4, 0.5) is 18.9 Å². The van der Waals surface area contributed by atoms with Gasteiger partial charge in [0.15, 0.2) is 5.69 Å². The first-order valence-electron chi connectivity index (χ1n) is 6.51. The Kier molecular flexibility index (Phi) is 4.96. The largest absolute Gasteiger partial charge is 0.476 e. The molecular formula is C14H10ClF3N2O4S. The summed E-state index contributed by atoms with van der Waals surface area (Å²) in [7, 11) is -4.36. The van der Waals surface area contributed by atoms with E-state index in [0.717, 1.165) is 18.3 Å². The number of sulfonamides is 1. The first-order chi connectivity index (χ1) is 11.4. The highest BCUT2D eigenvalue weighted by Crippen LogP contribution is 2.32.